The van der Waals surface area contributed by atoms with Gasteiger partial charge in [-0.15, -0.1) is 0 Å². The second kappa shape index (κ2) is 3.37. The summed E-state index contributed by atoms with van der Waals surface area (Å²) in [5.41, 5.74) is 7.26. The molecule has 2 heterocycles. The van der Waals surface area contributed by atoms with Gasteiger partial charge in [0.2, 0.25) is 0 Å². The van der Waals surface area contributed by atoms with Gasteiger partial charge in [-0.05, 0) is 25.3 Å². The molecule has 1 aliphatic rings. The molecule has 2 N–H and O–H groups in total. The number of aromatic nitrogens is 2. The van der Waals surface area contributed by atoms with Crippen LogP contribution in [0, 0.1) is 0 Å². The normalized spacial score (nSPS) is 32.4. The fraction of sp³-hybridized carbons (Fsp3) is 0.700. The summed E-state index contributed by atoms with van der Waals surface area (Å²) in [7, 11) is 1.92. The van der Waals surface area contributed by atoms with Crippen LogP contribution in [0.4, 0.5) is 0 Å². The minimum atomic E-state index is -0.205. The SMILES string of the molecule is CC1OCCC1(N)Cc1cnn(C)c1. The van der Waals surface area contributed by atoms with Crippen LogP contribution in [0.3, 0.4) is 0 Å². The van der Waals surface area contributed by atoms with Gasteiger partial charge in [0.25, 0.3) is 0 Å². The highest BCUT2D eigenvalue weighted by Gasteiger charge is 2.37. The van der Waals surface area contributed by atoms with Gasteiger partial charge in [0, 0.05) is 25.4 Å². The van der Waals surface area contributed by atoms with E-state index < -0.39 is 0 Å². The number of rotatable bonds is 2. The van der Waals surface area contributed by atoms with Crippen LogP contribution >= 0.6 is 0 Å². The molecular formula is C10H17N3O. The number of hydrogen-bond donors (Lipinski definition) is 1. The van der Waals surface area contributed by atoms with Crippen molar-refractivity contribution in [3.05, 3.63) is 18.0 Å². The first-order valence-electron chi connectivity index (χ1n) is 4.98. The lowest BCUT2D eigenvalue weighted by Gasteiger charge is -2.26. The Balaban J connectivity index is 2.10. The maximum atomic E-state index is 6.28. The quantitative estimate of drug-likeness (QED) is 0.746. The number of aryl methyl sites for hydroxylation is 1. The van der Waals surface area contributed by atoms with Crippen molar-refractivity contribution in [2.45, 2.75) is 31.4 Å². The highest BCUT2D eigenvalue weighted by molar-refractivity contribution is 5.12. The van der Waals surface area contributed by atoms with Gasteiger partial charge in [0.05, 0.1) is 12.3 Å². The van der Waals surface area contributed by atoms with E-state index >= 15 is 0 Å². The minimum absolute atomic E-state index is 0.141. The molecule has 0 radical (unpaired) electrons. The van der Waals surface area contributed by atoms with Crippen molar-refractivity contribution in [3.8, 4) is 0 Å². The largest absolute Gasteiger partial charge is 0.377 e. The van der Waals surface area contributed by atoms with E-state index in [1.807, 2.05) is 26.4 Å². The van der Waals surface area contributed by atoms with Crippen molar-refractivity contribution in [3.63, 3.8) is 0 Å². The number of hydrogen-bond acceptors (Lipinski definition) is 3. The lowest BCUT2D eigenvalue weighted by Crippen LogP contribution is -2.47. The Hall–Kier alpha value is -0.870. The van der Waals surface area contributed by atoms with Gasteiger partial charge < -0.3 is 10.5 Å². The first-order valence-corrected chi connectivity index (χ1v) is 4.98. The van der Waals surface area contributed by atoms with E-state index in [4.69, 9.17) is 10.5 Å². The van der Waals surface area contributed by atoms with Crippen molar-refractivity contribution in [2.24, 2.45) is 12.8 Å². The Morgan fingerprint density at radius 2 is 2.57 bits per heavy atom. The van der Waals surface area contributed by atoms with Crippen molar-refractivity contribution in [2.75, 3.05) is 6.61 Å². The van der Waals surface area contributed by atoms with Gasteiger partial charge in [0.15, 0.2) is 0 Å². The maximum absolute atomic E-state index is 6.28. The van der Waals surface area contributed by atoms with Crippen LogP contribution in [0.5, 0.6) is 0 Å². The van der Waals surface area contributed by atoms with Crippen LogP contribution < -0.4 is 5.73 Å². The standard InChI is InChI=1S/C10H17N3O/c1-8-10(11,3-4-14-8)5-9-6-12-13(2)7-9/h6-8H,3-5,11H2,1-2H3. The number of nitrogens with two attached hydrogens (primary N) is 1. The van der Waals surface area contributed by atoms with Crippen LogP contribution in [-0.4, -0.2) is 28.0 Å². The fourth-order valence-corrected chi connectivity index (χ4v) is 1.97. The first kappa shape index (κ1) is 9.68. The topological polar surface area (TPSA) is 53.1 Å². The second-order valence-corrected chi connectivity index (χ2v) is 4.20. The van der Waals surface area contributed by atoms with Gasteiger partial charge in [-0.3, -0.25) is 4.68 Å². The Kier molecular flexibility index (Phi) is 2.33. The molecular weight excluding hydrogens is 178 g/mol. The Labute approximate surface area is 84.0 Å². The predicted molar refractivity (Wildman–Crippen MR) is 53.9 cm³/mol. The maximum Gasteiger partial charge on any atom is 0.0730 e. The molecule has 1 fully saturated rings. The predicted octanol–water partition coefficient (Wildman–Crippen LogP) is 0.469. The van der Waals surface area contributed by atoms with Crippen molar-refractivity contribution >= 4 is 0 Å². The van der Waals surface area contributed by atoms with E-state index in [2.05, 4.69) is 5.10 Å². The van der Waals surface area contributed by atoms with E-state index in [0.29, 0.717) is 0 Å². The molecule has 4 nitrogen and oxygen atoms in total. The molecule has 0 aromatic carbocycles. The lowest BCUT2D eigenvalue weighted by molar-refractivity contribution is 0.0955. The van der Waals surface area contributed by atoms with Gasteiger partial charge >= 0.3 is 0 Å². The molecule has 0 aliphatic carbocycles. The molecule has 2 unspecified atom stereocenters. The third kappa shape index (κ3) is 1.67. The van der Waals surface area contributed by atoms with E-state index in [1.54, 1.807) is 4.68 Å². The van der Waals surface area contributed by atoms with Gasteiger partial charge in [-0.25, -0.2) is 0 Å². The Morgan fingerprint density at radius 3 is 3.07 bits per heavy atom. The first-order chi connectivity index (χ1) is 6.60. The van der Waals surface area contributed by atoms with Gasteiger partial charge in [0.1, 0.15) is 0 Å². The summed E-state index contributed by atoms with van der Waals surface area (Å²) in [6.07, 6.45) is 5.81. The Morgan fingerprint density at radius 1 is 1.79 bits per heavy atom. The monoisotopic (exact) mass is 195 g/mol. The summed E-state index contributed by atoms with van der Waals surface area (Å²) in [5, 5.41) is 4.14. The van der Waals surface area contributed by atoms with E-state index in [9.17, 15) is 0 Å². The highest BCUT2D eigenvalue weighted by Crippen LogP contribution is 2.26. The average molecular weight is 195 g/mol. The van der Waals surface area contributed by atoms with Gasteiger partial charge in [-0.2, -0.15) is 5.10 Å². The summed E-state index contributed by atoms with van der Waals surface area (Å²) >= 11 is 0. The summed E-state index contributed by atoms with van der Waals surface area (Å²) in [6.45, 7) is 2.82. The number of nitrogens with zero attached hydrogens (tertiary/aromatic N) is 2. The van der Waals surface area contributed by atoms with E-state index in [0.717, 1.165) is 19.4 Å². The second-order valence-electron chi connectivity index (χ2n) is 4.20. The molecule has 4 heteroatoms. The summed E-state index contributed by atoms with van der Waals surface area (Å²) in [4.78, 5) is 0. The van der Waals surface area contributed by atoms with E-state index in [1.165, 1.54) is 5.56 Å². The minimum Gasteiger partial charge on any atom is -0.377 e. The molecule has 0 bridgehead atoms. The van der Waals surface area contributed by atoms with Crippen molar-refractivity contribution < 1.29 is 4.74 Å². The summed E-state index contributed by atoms with van der Waals surface area (Å²) in [5.74, 6) is 0. The molecule has 0 spiro atoms. The fourth-order valence-electron chi connectivity index (χ4n) is 1.97. The smallest absolute Gasteiger partial charge is 0.0730 e. The molecule has 0 saturated carbocycles. The molecule has 14 heavy (non-hydrogen) atoms. The number of ether oxygens (including phenoxy) is 1. The van der Waals surface area contributed by atoms with Crippen LogP contribution in [0.15, 0.2) is 12.4 Å². The molecule has 78 valence electrons. The average Bonchev–Trinajstić information content (AvgIpc) is 2.62. The molecule has 1 saturated heterocycles. The zero-order chi connectivity index (χ0) is 10.2. The van der Waals surface area contributed by atoms with Crippen LogP contribution in [0.2, 0.25) is 0 Å². The van der Waals surface area contributed by atoms with Crippen molar-refractivity contribution in [1.29, 1.82) is 0 Å². The summed E-state index contributed by atoms with van der Waals surface area (Å²) < 4.78 is 7.30. The molecule has 0 amide bonds. The van der Waals surface area contributed by atoms with Crippen LogP contribution in [0.1, 0.15) is 18.9 Å². The third-order valence-electron chi connectivity index (χ3n) is 3.04. The molecule has 1 aromatic heterocycles. The third-order valence-corrected chi connectivity index (χ3v) is 3.04. The molecule has 2 rings (SSSR count). The van der Waals surface area contributed by atoms with Crippen LogP contribution in [0.25, 0.3) is 0 Å². The highest BCUT2D eigenvalue weighted by atomic mass is 16.5. The van der Waals surface area contributed by atoms with Crippen LogP contribution in [-0.2, 0) is 18.2 Å². The molecule has 2 atom stereocenters. The van der Waals surface area contributed by atoms with E-state index in [-0.39, 0.29) is 11.6 Å². The molecule has 1 aromatic rings. The van der Waals surface area contributed by atoms with Gasteiger partial charge in [-0.1, -0.05) is 0 Å². The van der Waals surface area contributed by atoms with Crippen molar-refractivity contribution in [1.82, 2.24) is 9.78 Å². The Bertz CT molecular complexity index is 323. The zero-order valence-corrected chi connectivity index (χ0v) is 8.73. The molecule has 1 aliphatic heterocycles. The zero-order valence-electron chi connectivity index (χ0n) is 8.73. The summed E-state index contributed by atoms with van der Waals surface area (Å²) in [6, 6.07) is 0. The lowest BCUT2D eigenvalue weighted by atomic mass is 9.87.